The van der Waals surface area contributed by atoms with Crippen LogP contribution in [0.1, 0.15) is 32.5 Å². The first-order valence-electron chi connectivity index (χ1n) is 5.76. The highest BCUT2D eigenvalue weighted by molar-refractivity contribution is 5.23. The summed E-state index contributed by atoms with van der Waals surface area (Å²) in [4.78, 5) is 0. The van der Waals surface area contributed by atoms with Gasteiger partial charge in [0.1, 0.15) is 5.82 Å². The highest BCUT2D eigenvalue weighted by atomic mass is 15.3. The molecule has 0 aliphatic heterocycles. The molecule has 0 spiro atoms. The molecule has 5 nitrogen and oxygen atoms in total. The van der Waals surface area contributed by atoms with Crippen molar-refractivity contribution in [2.75, 3.05) is 18.9 Å². The first-order valence-corrected chi connectivity index (χ1v) is 5.76. The van der Waals surface area contributed by atoms with Crippen LogP contribution in [-0.4, -0.2) is 28.4 Å². The monoisotopic (exact) mass is 225 g/mol. The fourth-order valence-electron chi connectivity index (χ4n) is 1.76. The Bertz CT molecular complexity index is 329. The van der Waals surface area contributed by atoms with Gasteiger partial charge in [-0.1, -0.05) is 13.8 Å². The van der Waals surface area contributed by atoms with Gasteiger partial charge in [0.2, 0.25) is 5.95 Å². The first-order chi connectivity index (χ1) is 7.50. The maximum absolute atomic E-state index is 5.60. The van der Waals surface area contributed by atoms with E-state index in [9.17, 15) is 0 Å². The molecule has 0 amide bonds. The molecule has 0 radical (unpaired) electrons. The van der Waals surface area contributed by atoms with Gasteiger partial charge >= 0.3 is 0 Å². The summed E-state index contributed by atoms with van der Waals surface area (Å²) in [6.45, 7) is 5.23. The van der Waals surface area contributed by atoms with Crippen LogP contribution >= 0.6 is 0 Å². The predicted molar refractivity (Wildman–Crippen MR) is 66.3 cm³/mol. The number of nitrogens with zero attached hydrogens (tertiary/aromatic N) is 3. The molecule has 0 aliphatic rings. The third-order valence-electron chi connectivity index (χ3n) is 3.04. The molecular weight excluding hydrogens is 202 g/mol. The molecule has 0 bridgehead atoms. The number of aryl methyl sites for hydroxylation is 1. The van der Waals surface area contributed by atoms with Crippen molar-refractivity contribution in [2.24, 2.45) is 18.2 Å². The standard InChI is InChI=1S/C11H23N5/c1-11(2,7-8-12)6-5-9-14-15-10(13-3)16(9)4/h5-8,12H2,1-4H3,(H,13,15). The molecular formula is C11H23N5. The van der Waals surface area contributed by atoms with E-state index in [-0.39, 0.29) is 5.41 Å². The Morgan fingerprint density at radius 1 is 1.31 bits per heavy atom. The molecule has 0 aromatic carbocycles. The average Bonchev–Trinajstić information content (AvgIpc) is 2.56. The number of hydrogen-bond donors (Lipinski definition) is 2. The van der Waals surface area contributed by atoms with Gasteiger partial charge in [0.15, 0.2) is 0 Å². The lowest BCUT2D eigenvalue weighted by atomic mass is 9.84. The maximum atomic E-state index is 5.60. The van der Waals surface area contributed by atoms with Gasteiger partial charge in [0.25, 0.3) is 0 Å². The normalized spacial score (nSPS) is 11.8. The number of anilines is 1. The van der Waals surface area contributed by atoms with E-state index < -0.39 is 0 Å². The molecule has 16 heavy (non-hydrogen) atoms. The van der Waals surface area contributed by atoms with Crippen LogP contribution in [0, 0.1) is 5.41 Å². The van der Waals surface area contributed by atoms with Crippen LogP contribution in [0.5, 0.6) is 0 Å². The SMILES string of the molecule is CNc1nnc(CCC(C)(C)CCN)n1C. The van der Waals surface area contributed by atoms with Gasteiger partial charge in [0, 0.05) is 20.5 Å². The number of hydrogen-bond acceptors (Lipinski definition) is 4. The van der Waals surface area contributed by atoms with E-state index in [0.717, 1.165) is 37.6 Å². The van der Waals surface area contributed by atoms with E-state index in [1.165, 1.54) is 0 Å². The van der Waals surface area contributed by atoms with Crippen molar-refractivity contribution in [3.8, 4) is 0 Å². The van der Waals surface area contributed by atoms with Gasteiger partial charge in [0.05, 0.1) is 0 Å². The Morgan fingerprint density at radius 2 is 2.00 bits per heavy atom. The van der Waals surface area contributed by atoms with Crippen LogP contribution in [0.25, 0.3) is 0 Å². The lowest BCUT2D eigenvalue weighted by molar-refractivity contribution is 0.310. The summed E-state index contributed by atoms with van der Waals surface area (Å²) in [6, 6.07) is 0. The first kappa shape index (κ1) is 13.0. The Kier molecular flexibility index (Phi) is 4.29. The van der Waals surface area contributed by atoms with Crippen molar-refractivity contribution in [1.82, 2.24) is 14.8 Å². The molecule has 0 atom stereocenters. The minimum absolute atomic E-state index is 0.278. The highest BCUT2D eigenvalue weighted by Crippen LogP contribution is 2.26. The molecule has 1 heterocycles. The third kappa shape index (κ3) is 3.20. The Balaban J connectivity index is 2.57. The van der Waals surface area contributed by atoms with Crippen molar-refractivity contribution in [3.63, 3.8) is 0 Å². The summed E-state index contributed by atoms with van der Waals surface area (Å²) >= 11 is 0. The molecule has 0 unspecified atom stereocenters. The quantitative estimate of drug-likeness (QED) is 0.762. The molecule has 1 aromatic rings. The molecule has 1 rings (SSSR count). The second-order valence-corrected chi connectivity index (χ2v) is 4.95. The smallest absolute Gasteiger partial charge is 0.224 e. The molecule has 0 fully saturated rings. The Morgan fingerprint density at radius 3 is 2.50 bits per heavy atom. The lowest BCUT2D eigenvalue weighted by Crippen LogP contribution is -2.18. The summed E-state index contributed by atoms with van der Waals surface area (Å²) in [5, 5.41) is 11.2. The zero-order chi connectivity index (χ0) is 12.2. The molecule has 92 valence electrons. The van der Waals surface area contributed by atoms with Crippen molar-refractivity contribution < 1.29 is 0 Å². The van der Waals surface area contributed by atoms with E-state index in [0.29, 0.717) is 0 Å². The number of rotatable bonds is 6. The van der Waals surface area contributed by atoms with Crippen LogP contribution in [-0.2, 0) is 13.5 Å². The largest absolute Gasteiger partial charge is 0.357 e. The molecule has 0 aliphatic carbocycles. The maximum Gasteiger partial charge on any atom is 0.224 e. The van der Waals surface area contributed by atoms with Crippen LogP contribution < -0.4 is 11.1 Å². The van der Waals surface area contributed by atoms with Gasteiger partial charge in [-0.15, -0.1) is 10.2 Å². The summed E-state index contributed by atoms with van der Waals surface area (Å²) in [6.07, 6.45) is 3.07. The lowest BCUT2D eigenvalue weighted by Gasteiger charge is -2.23. The zero-order valence-corrected chi connectivity index (χ0v) is 10.7. The van der Waals surface area contributed by atoms with Crippen molar-refractivity contribution in [2.45, 2.75) is 33.1 Å². The van der Waals surface area contributed by atoms with Crippen LogP contribution in [0.3, 0.4) is 0 Å². The second-order valence-electron chi connectivity index (χ2n) is 4.95. The van der Waals surface area contributed by atoms with Crippen molar-refractivity contribution in [1.29, 1.82) is 0 Å². The van der Waals surface area contributed by atoms with Crippen LogP contribution in [0.15, 0.2) is 0 Å². The van der Waals surface area contributed by atoms with Crippen molar-refractivity contribution in [3.05, 3.63) is 5.82 Å². The summed E-state index contributed by atoms with van der Waals surface area (Å²) in [7, 11) is 3.84. The van der Waals surface area contributed by atoms with Gasteiger partial charge in [-0.3, -0.25) is 0 Å². The number of nitrogens with one attached hydrogen (secondary N) is 1. The van der Waals surface area contributed by atoms with Gasteiger partial charge < -0.3 is 15.6 Å². The highest BCUT2D eigenvalue weighted by Gasteiger charge is 2.18. The fourth-order valence-corrected chi connectivity index (χ4v) is 1.76. The van der Waals surface area contributed by atoms with Crippen LogP contribution in [0.4, 0.5) is 5.95 Å². The Labute approximate surface area is 97.4 Å². The van der Waals surface area contributed by atoms with Crippen molar-refractivity contribution >= 4 is 5.95 Å². The summed E-state index contributed by atoms with van der Waals surface area (Å²) in [5.74, 6) is 1.83. The Hall–Kier alpha value is -1.10. The minimum Gasteiger partial charge on any atom is -0.357 e. The number of nitrogens with two attached hydrogens (primary N) is 1. The van der Waals surface area contributed by atoms with E-state index in [1.54, 1.807) is 0 Å². The minimum atomic E-state index is 0.278. The third-order valence-corrected chi connectivity index (χ3v) is 3.04. The molecule has 5 heteroatoms. The van der Waals surface area contributed by atoms with Crippen LogP contribution in [0.2, 0.25) is 0 Å². The summed E-state index contributed by atoms with van der Waals surface area (Å²) in [5.41, 5.74) is 5.87. The number of aromatic nitrogens is 3. The van der Waals surface area contributed by atoms with E-state index in [4.69, 9.17) is 5.73 Å². The molecule has 0 saturated heterocycles. The predicted octanol–water partition coefficient (Wildman–Crippen LogP) is 1.16. The van der Waals surface area contributed by atoms with Gasteiger partial charge in [-0.25, -0.2) is 0 Å². The van der Waals surface area contributed by atoms with E-state index in [1.807, 2.05) is 18.7 Å². The van der Waals surface area contributed by atoms with Gasteiger partial charge in [-0.2, -0.15) is 0 Å². The summed E-state index contributed by atoms with van der Waals surface area (Å²) < 4.78 is 2.00. The molecule has 1 aromatic heterocycles. The molecule has 0 saturated carbocycles. The topological polar surface area (TPSA) is 68.8 Å². The van der Waals surface area contributed by atoms with Gasteiger partial charge in [-0.05, 0) is 24.8 Å². The average molecular weight is 225 g/mol. The zero-order valence-electron chi connectivity index (χ0n) is 10.7. The van der Waals surface area contributed by atoms with E-state index in [2.05, 4.69) is 29.4 Å². The second kappa shape index (κ2) is 5.30. The fraction of sp³-hybridized carbons (Fsp3) is 0.818. The molecule has 3 N–H and O–H groups in total. The van der Waals surface area contributed by atoms with E-state index >= 15 is 0 Å².